The van der Waals surface area contributed by atoms with E-state index in [1.807, 2.05) is 0 Å². The topological polar surface area (TPSA) is 227 Å². The summed E-state index contributed by atoms with van der Waals surface area (Å²) in [6.07, 6.45) is -13.6. The predicted octanol–water partition coefficient (Wildman–Crippen LogP) is 5.28. The van der Waals surface area contributed by atoms with Gasteiger partial charge in [-0.15, -0.1) is 0 Å². The SMILES string of the molecule is COC(=O)C1(C)OC[C@H]2O[C@@H](Sc3ccccc3)[C@H](OC(=O)c3ccccc3)[C@@H](O[C@@H]3O[C@H](COC(=O)c4ccccc4)[C@@H](OC(=O)c4ccccc4)[C@H](OC(=O)c4ccccc4)[C@]3(O)NC(C)=O)[C@H]2O1. The number of ether oxygens (including phenoxy) is 10. The molecular formula is C52H49NO17S. The van der Waals surface area contributed by atoms with Crippen LogP contribution in [0.15, 0.2) is 157 Å². The Labute approximate surface area is 411 Å². The fourth-order valence-corrected chi connectivity index (χ4v) is 9.26. The molecule has 11 atom stereocenters. The summed E-state index contributed by atoms with van der Waals surface area (Å²) in [5, 5.41) is 15.7. The van der Waals surface area contributed by atoms with E-state index < -0.39 is 108 Å². The Morgan fingerprint density at radius 2 is 1.13 bits per heavy atom. The van der Waals surface area contributed by atoms with Crippen molar-refractivity contribution < 1.29 is 81.2 Å². The van der Waals surface area contributed by atoms with Crippen molar-refractivity contribution in [1.82, 2.24) is 5.32 Å². The molecule has 0 radical (unpaired) electrons. The number of thioether (sulfide) groups is 1. The third-order valence-corrected chi connectivity index (χ3v) is 12.7. The first-order valence-electron chi connectivity index (χ1n) is 22.4. The van der Waals surface area contributed by atoms with Gasteiger partial charge in [0.05, 0.1) is 36.0 Å². The van der Waals surface area contributed by atoms with E-state index in [0.29, 0.717) is 4.90 Å². The number of benzene rings is 5. The molecule has 1 unspecified atom stereocenters. The van der Waals surface area contributed by atoms with Crippen LogP contribution in [-0.2, 0) is 57.0 Å². The summed E-state index contributed by atoms with van der Waals surface area (Å²) in [4.78, 5) is 83.4. The molecule has 3 aliphatic heterocycles. The molecule has 5 aromatic carbocycles. The molecule has 3 heterocycles. The van der Waals surface area contributed by atoms with Gasteiger partial charge in [-0.05, 0) is 60.7 Å². The lowest BCUT2D eigenvalue weighted by Gasteiger charge is -2.54. The maximum atomic E-state index is 14.2. The third kappa shape index (κ3) is 11.6. The van der Waals surface area contributed by atoms with Gasteiger partial charge >= 0.3 is 29.8 Å². The van der Waals surface area contributed by atoms with Crippen LogP contribution < -0.4 is 5.32 Å². The first-order valence-corrected chi connectivity index (χ1v) is 23.2. The van der Waals surface area contributed by atoms with Crippen molar-refractivity contribution in [3.8, 4) is 0 Å². The number of fused-ring (bicyclic) bond motifs is 1. The molecule has 0 aromatic heterocycles. The molecule has 3 saturated heterocycles. The second-order valence-corrected chi connectivity index (χ2v) is 17.7. The van der Waals surface area contributed by atoms with Crippen LogP contribution in [0, 0.1) is 0 Å². The molecule has 3 fully saturated rings. The van der Waals surface area contributed by atoms with Crippen molar-refractivity contribution in [2.24, 2.45) is 0 Å². The van der Waals surface area contributed by atoms with Gasteiger partial charge in [-0.3, -0.25) is 4.79 Å². The smallest absolute Gasteiger partial charge is 0.366 e. The molecule has 18 nitrogen and oxygen atoms in total. The highest BCUT2D eigenvalue weighted by atomic mass is 32.2. The zero-order valence-corrected chi connectivity index (χ0v) is 39.2. The summed E-state index contributed by atoms with van der Waals surface area (Å²) < 4.78 is 61.6. The van der Waals surface area contributed by atoms with Crippen molar-refractivity contribution in [2.75, 3.05) is 20.3 Å². The fourth-order valence-electron chi connectivity index (χ4n) is 8.13. The monoisotopic (exact) mass is 991 g/mol. The average molecular weight is 992 g/mol. The molecule has 370 valence electrons. The summed E-state index contributed by atoms with van der Waals surface area (Å²) >= 11 is 1.13. The maximum absolute atomic E-state index is 14.2. The number of esters is 5. The number of carbonyl (C=O) groups is 6. The van der Waals surface area contributed by atoms with Crippen LogP contribution in [0.1, 0.15) is 55.3 Å². The molecule has 0 spiro atoms. The van der Waals surface area contributed by atoms with E-state index in [-0.39, 0.29) is 28.9 Å². The van der Waals surface area contributed by atoms with Crippen LogP contribution >= 0.6 is 11.8 Å². The lowest BCUT2D eigenvalue weighted by atomic mass is 9.91. The van der Waals surface area contributed by atoms with Crippen LogP contribution in [0.25, 0.3) is 0 Å². The Hall–Kier alpha value is -6.97. The summed E-state index contributed by atoms with van der Waals surface area (Å²) in [5.74, 6) is -7.68. The second kappa shape index (κ2) is 22.4. The van der Waals surface area contributed by atoms with Gasteiger partial charge in [-0.25, -0.2) is 24.0 Å². The minimum absolute atomic E-state index is 0.0135. The first-order chi connectivity index (χ1) is 34.3. The van der Waals surface area contributed by atoms with E-state index in [1.165, 1.54) is 55.5 Å². The molecule has 5 aromatic rings. The molecule has 71 heavy (non-hydrogen) atoms. The largest absolute Gasteiger partial charge is 0.465 e. The van der Waals surface area contributed by atoms with Crippen molar-refractivity contribution in [2.45, 2.75) is 84.7 Å². The summed E-state index contributed by atoms with van der Waals surface area (Å²) in [7, 11) is 1.13. The van der Waals surface area contributed by atoms with Gasteiger partial charge in [-0.1, -0.05) is 103 Å². The Morgan fingerprint density at radius 1 is 0.648 bits per heavy atom. The zero-order chi connectivity index (χ0) is 50.1. The number of rotatable bonds is 15. The van der Waals surface area contributed by atoms with Gasteiger partial charge in [0.1, 0.15) is 36.5 Å². The summed E-state index contributed by atoms with van der Waals surface area (Å²) in [6.45, 7) is 1.30. The van der Waals surface area contributed by atoms with E-state index in [9.17, 15) is 33.9 Å². The molecule has 1 amide bonds. The van der Waals surface area contributed by atoms with Crippen LogP contribution in [0.5, 0.6) is 0 Å². The van der Waals surface area contributed by atoms with Crippen molar-refractivity contribution in [3.05, 3.63) is 174 Å². The fraction of sp³-hybridized carbons (Fsp3) is 0.308. The second-order valence-electron chi connectivity index (χ2n) is 16.5. The minimum atomic E-state index is -3.03. The van der Waals surface area contributed by atoms with Gasteiger partial charge in [0, 0.05) is 18.7 Å². The molecule has 3 aliphatic rings. The Balaban J connectivity index is 1.27. The molecule has 19 heteroatoms. The predicted molar refractivity (Wildman–Crippen MR) is 248 cm³/mol. The van der Waals surface area contributed by atoms with Crippen LogP contribution in [-0.4, -0.2) is 127 Å². The Bertz CT molecular complexity index is 2650. The van der Waals surface area contributed by atoms with Crippen molar-refractivity contribution in [1.29, 1.82) is 0 Å². The molecule has 0 aliphatic carbocycles. The number of nitrogens with one attached hydrogen (secondary N) is 1. The molecule has 0 saturated carbocycles. The van der Waals surface area contributed by atoms with Crippen LogP contribution in [0.2, 0.25) is 0 Å². The van der Waals surface area contributed by atoms with E-state index in [2.05, 4.69) is 5.32 Å². The number of carbonyl (C=O) groups excluding carboxylic acids is 6. The molecule has 2 N–H and O–H groups in total. The van der Waals surface area contributed by atoms with Crippen LogP contribution in [0.3, 0.4) is 0 Å². The standard InChI is InChI=1S/C52H49NO17S/c1-31(54)53-52(60)43(69-47(58)35-25-15-7-16-26-35)40(66-45(56)33-21-11-5-12-22-33)37(29-62-44(55)32-19-9-4-10-20-32)65-50(52)68-41-39-38(30-63-51(2,70-39)49(59)61-3)64-48(71-36-27-17-8-18-28-36)42(41)67-46(57)34-23-13-6-14-24-34/h4-28,37-43,48,50,60H,29-30H2,1-3H3,(H,53,54)/t37-,38-,39+,40-,41+,42-,43+,48+,50+,51?,52-/m1/s1. The number of hydrogen-bond donors (Lipinski definition) is 2. The maximum Gasteiger partial charge on any atom is 0.366 e. The number of methoxy groups -OCH3 is 1. The normalized spacial score (nSPS) is 27.9. The van der Waals surface area contributed by atoms with Gasteiger partial charge in [0.2, 0.25) is 17.9 Å². The highest BCUT2D eigenvalue weighted by molar-refractivity contribution is 7.99. The molecule has 8 rings (SSSR count). The quantitative estimate of drug-likeness (QED) is 0.0773. The number of amides is 1. The zero-order valence-electron chi connectivity index (χ0n) is 38.4. The van der Waals surface area contributed by atoms with E-state index in [4.69, 9.17) is 47.4 Å². The Kier molecular flexibility index (Phi) is 15.9. The minimum Gasteiger partial charge on any atom is -0.465 e. The first kappa shape index (κ1) is 50.4. The van der Waals surface area contributed by atoms with E-state index in [1.54, 1.807) is 103 Å². The summed E-state index contributed by atoms with van der Waals surface area (Å²) in [5.41, 5.74) is -3.90. The number of hydrogen-bond acceptors (Lipinski definition) is 18. The number of aliphatic hydroxyl groups is 1. The van der Waals surface area contributed by atoms with Crippen LogP contribution in [0.4, 0.5) is 0 Å². The van der Waals surface area contributed by atoms with Gasteiger partial charge in [0.15, 0.2) is 18.3 Å². The molecule has 0 bridgehead atoms. The highest BCUT2D eigenvalue weighted by Crippen LogP contribution is 2.44. The lowest BCUT2D eigenvalue weighted by molar-refractivity contribution is -0.395. The van der Waals surface area contributed by atoms with E-state index >= 15 is 0 Å². The summed E-state index contributed by atoms with van der Waals surface area (Å²) in [6, 6.07) is 40.2. The lowest BCUT2D eigenvalue weighted by Crippen LogP contribution is -2.76. The van der Waals surface area contributed by atoms with Gasteiger partial charge in [-0.2, -0.15) is 0 Å². The molecular weight excluding hydrogens is 943 g/mol. The van der Waals surface area contributed by atoms with Gasteiger partial charge < -0.3 is 57.8 Å². The van der Waals surface area contributed by atoms with E-state index in [0.717, 1.165) is 25.8 Å². The van der Waals surface area contributed by atoms with Gasteiger partial charge in [0.25, 0.3) is 5.79 Å². The third-order valence-electron chi connectivity index (χ3n) is 11.6. The van der Waals surface area contributed by atoms with Crippen molar-refractivity contribution in [3.63, 3.8) is 0 Å². The average Bonchev–Trinajstić information content (AvgIpc) is 3.39. The van der Waals surface area contributed by atoms with Crippen molar-refractivity contribution >= 4 is 47.5 Å². The Morgan fingerprint density at radius 3 is 1.63 bits per heavy atom. The highest BCUT2D eigenvalue weighted by Gasteiger charge is 2.65.